The third-order valence-corrected chi connectivity index (χ3v) is 10.2. The van der Waals surface area contributed by atoms with E-state index in [1.807, 2.05) is 12.1 Å². The molecule has 31 heavy (non-hydrogen) atoms. The van der Waals surface area contributed by atoms with E-state index in [0.717, 1.165) is 28.3 Å². The van der Waals surface area contributed by atoms with Gasteiger partial charge in [-0.2, -0.15) is 0 Å². The highest BCUT2D eigenvalue weighted by molar-refractivity contribution is 7.85. The summed E-state index contributed by atoms with van der Waals surface area (Å²) in [7, 11) is 1.40. The van der Waals surface area contributed by atoms with Crippen LogP contribution in [0.3, 0.4) is 0 Å². The van der Waals surface area contributed by atoms with Gasteiger partial charge >= 0.3 is 0 Å². The predicted octanol–water partition coefficient (Wildman–Crippen LogP) is 6.92. The van der Waals surface area contributed by atoms with Gasteiger partial charge in [0.15, 0.2) is 0 Å². The number of nitrogens with zero attached hydrogens (tertiary/aromatic N) is 1. The fraction of sp³-hybridized carbons (Fsp3) is 0.214. The molecule has 2 aliphatic rings. The van der Waals surface area contributed by atoms with E-state index in [1.165, 1.54) is 16.7 Å². The fourth-order valence-corrected chi connectivity index (χ4v) is 9.92. The van der Waals surface area contributed by atoms with Crippen LogP contribution in [0.25, 0.3) is 16.2 Å². The first-order valence-electron chi connectivity index (χ1n) is 10.8. The summed E-state index contributed by atoms with van der Waals surface area (Å²) in [5, 5.41) is 2.14. The highest BCUT2D eigenvalue weighted by Gasteiger charge is 2.60. The first-order valence-corrected chi connectivity index (χ1v) is 12.7. The van der Waals surface area contributed by atoms with E-state index in [0.29, 0.717) is 6.16 Å². The first kappa shape index (κ1) is 20.2. The molecule has 5 rings (SSSR count). The number of hydrogen-bond acceptors (Lipinski definition) is 2. The number of benzene rings is 3. The Bertz CT molecular complexity index is 1230. The second-order valence-corrected chi connectivity index (χ2v) is 11.8. The SMILES string of the molecule is CN(C)CC1=C(c2ccccc2)P2(=O)CC1(C)C(c1ccccc1)=C2c1ccccc1. The van der Waals surface area contributed by atoms with Gasteiger partial charge in [0.05, 0.1) is 0 Å². The molecule has 3 aromatic rings. The minimum absolute atomic E-state index is 0.252. The number of hydrogen-bond donors (Lipinski definition) is 0. The van der Waals surface area contributed by atoms with Crippen LogP contribution in [0.5, 0.6) is 0 Å². The molecule has 2 nitrogen and oxygen atoms in total. The molecule has 0 spiro atoms. The molecule has 0 aliphatic carbocycles. The van der Waals surface area contributed by atoms with Crippen molar-refractivity contribution in [3.63, 3.8) is 0 Å². The van der Waals surface area contributed by atoms with E-state index >= 15 is 4.57 Å². The smallest absolute Gasteiger partial charge is 0.145 e. The lowest BCUT2D eigenvalue weighted by atomic mass is 9.72. The molecule has 0 saturated heterocycles. The summed E-state index contributed by atoms with van der Waals surface area (Å²) < 4.78 is 15.1. The summed E-state index contributed by atoms with van der Waals surface area (Å²) in [6.07, 6.45) is 0.682. The maximum Gasteiger partial charge on any atom is 0.145 e. The maximum absolute atomic E-state index is 15.1. The van der Waals surface area contributed by atoms with Crippen LogP contribution in [0.15, 0.2) is 96.6 Å². The highest BCUT2D eigenvalue weighted by atomic mass is 31.2. The Hall–Kier alpha value is -2.67. The van der Waals surface area contributed by atoms with E-state index in [4.69, 9.17) is 0 Å². The molecule has 3 heteroatoms. The van der Waals surface area contributed by atoms with Crippen LogP contribution in [0.1, 0.15) is 23.6 Å². The molecular formula is C28H28NOP. The minimum atomic E-state index is -2.81. The molecule has 2 heterocycles. The molecule has 2 aliphatic heterocycles. The van der Waals surface area contributed by atoms with Crippen molar-refractivity contribution in [2.75, 3.05) is 26.8 Å². The van der Waals surface area contributed by atoms with Gasteiger partial charge in [0, 0.05) is 28.8 Å². The Labute approximate surface area is 185 Å². The van der Waals surface area contributed by atoms with Gasteiger partial charge in [0.25, 0.3) is 0 Å². The Kier molecular flexibility index (Phi) is 4.88. The number of rotatable bonds is 5. The van der Waals surface area contributed by atoms with Crippen LogP contribution in [0.4, 0.5) is 0 Å². The molecule has 0 saturated carbocycles. The quantitative estimate of drug-likeness (QED) is 0.413. The van der Waals surface area contributed by atoms with E-state index in [9.17, 15) is 0 Å². The second-order valence-electron chi connectivity index (χ2n) is 9.12. The van der Waals surface area contributed by atoms with Crippen LogP contribution in [-0.4, -0.2) is 31.7 Å². The van der Waals surface area contributed by atoms with Crippen LogP contribution in [0, 0.1) is 5.41 Å². The molecule has 2 bridgehead atoms. The van der Waals surface area contributed by atoms with Crippen molar-refractivity contribution >= 4 is 23.3 Å². The Morgan fingerprint density at radius 3 is 1.68 bits per heavy atom. The van der Waals surface area contributed by atoms with E-state index in [2.05, 4.69) is 105 Å². The Morgan fingerprint density at radius 1 is 0.742 bits per heavy atom. The zero-order valence-corrected chi connectivity index (χ0v) is 19.3. The van der Waals surface area contributed by atoms with E-state index < -0.39 is 7.14 Å². The standard InChI is InChI=1S/C28H28NOP/c1-28-20-31(30,26(24(28)19-29(2)3)22-15-9-5-10-16-22)27(23-17-11-6-12-18-23)25(28)21-13-7-4-8-14-21/h4-18H,19-20H2,1-3H3. The van der Waals surface area contributed by atoms with E-state index in [-0.39, 0.29) is 5.41 Å². The lowest BCUT2D eigenvalue weighted by Crippen LogP contribution is -2.28. The van der Waals surface area contributed by atoms with Crippen molar-refractivity contribution in [1.29, 1.82) is 0 Å². The van der Waals surface area contributed by atoms with Crippen molar-refractivity contribution < 1.29 is 4.57 Å². The molecule has 2 atom stereocenters. The van der Waals surface area contributed by atoms with Crippen LogP contribution >= 0.6 is 7.14 Å². The molecule has 0 N–H and O–H groups in total. The lowest BCUT2D eigenvalue weighted by Gasteiger charge is -2.34. The minimum Gasteiger partial charge on any atom is -0.314 e. The Morgan fingerprint density at radius 2 is 1.19 bits per heavy atom. The molecular weight excluding hydrogens is 397 g/mol. The average Bonchev–Trinajstić information content (AvgIpc) is 3.15. The van der Waals surface area contributed by atoms with Gasteiger partial charge < -0.3 is 9.46 Å². The molecule has 3 aromatic carbocycles. The fourth-order valence-electron chi connectivity index (χ4n) is 5.52. The summed E-state index contributed by atoms with van der Waals surface area (Å²) in [5.74, 6) is 0. The topological polar surface area (TPSA) is 20.3 Å². The maximum atomic E-state index is 15.1. The summed E-state index contributed by atoms with van der Waals surface area (Å²) in [5.41, 5.74) is 5.68. The van der Waals surface area contributed by atoms with E-state index in [1.54, 1.807) is 0 Å². The molecule has 0 amide bonds. The monoisotopic (exact) mass is 425 g/mol. The molecule has 0 aromatic heterocycles. The van der Waals surface area contributed by atoms with Crippen LogP contribution in [0.2, 0.25) is 0 Å². The predicted molar refractivity (Wildman–Crippen MR) is 132 cm³/mol. The van der Waals surface area contributed by atoms with Gasteiger partial charge in [0.1, 0.15) is 7.14 Å². The van der Waals surface area contributed by atoms with Gasteiger partial charge in [-0.25, -0.2) is 0 Å². The molecule has 0 fully saturated rings. The average molecular weight is 426 g/mol. The molecule has 0 radical (unpaired) electrons. The van der Waals surface area contributed by atoms with Crippen molar-refractivity contribution in [2.45, 2.75) is 6.92 Å². The number of allylic oxidation sites excluding steroid dienone is 1. The molecule has 2 unspecified atom stereocenters. The molecule has 156 valence electrons. The van der Waals surface area contributed by atoms with Gasteiger partial charge in [-0.15, -0.1) is 0 Å². The lowest BCUT2D eigenvalue weighted by molar-refractivity contribution is 0.415. The summed E-state index contributed by atoms with van der Waals surface area (Å²) >= 11 is 0. The zero-order chi connectivity index (χ0) is 21.6. The van der Waals surface area contributed by atoms with Crippen molar-refractivity contribution in [3.8, 4) is 0 Å². The van der Waals surface area contributed by atoms with Gasteiger partial charge in [0.2, 0.25) is 0 Å². The van der Waals surface area contributed by atoms with Crippen molar-refractivity contribution in [3.05, 3.63) is 113 Å². The second kappa shape index (κ2) is 7.48. The third kappa shape index (κ3) is 3.09. The summed E-state index contributed by atoms with van der Waals surface area (Å²) in [4.78, 5) is 2.21. The summed E-state index contributed by atoms with van der Waals surface area (Å²) in [6, 6.07) is 31.3. The first-order chi connectivity index (χ1) is 14.9. The van der Waals surface area contributed by atoms with Crippen molar-refractivity contribution in [2.24, 2.45) is 5.41 Å². The van der Waals surface area contributed by atoms with Gasteiger partial charge in [-0.1, -0.05) is 97.9 Å². The Balaban J connectivity index is 1.85. The van der Waals surface area contributed by atoms with Crippen LogP contribution in [-0.2, 0) is 4.57 Å². The number of fused-ring (bicyclic) bond motifs is 2. The number of likely N-dealkylation sites (N-methyl/N-ethyl adjacent to an activating group) is 1. The zero-order valence-electron chi connectivity index (χ0n) is 18.4. The van der Waals surface area contributed by atoms with Gasteiger partial charge in [-0.3, -0.25) is 0 Å². The highest BCUT2D eigenvalue weighted by Crippen LogP contribution is 2.84. The largest absolute Gasteiger partial charge is 0.314 e. The van der Waals surface area contributed by atoms with Crippen molar-refractivity contribution in [1.82, 2.24) is 4.90 Å². The van der Waals surface area contributed by atoms with Gasteiger partial charge in [-0.05, 0) is 41.9 Å². The third-order valence-electron chi connectivity index (χ3n) is 6.63. The normalized spacial score (nSPS) is 25.0. The van der Waals surface area contributed by atoms with Crippen LogP contribution < -0.4 is 0 Å². The summed E-state index contributed by atoms with van der Waals surface area (Å²) in [6.45, 7) is 3.12.